The number of anilines is 1. The molecule has 6 nitrogen and oxygen atoms in total. The van der Waals surface area contributed by atoms with Crippen molar-refractivity contribution in [2.24, 2.45) is 0 Å². The van der Waals surface area contributed by atoms with E-state index in [9.17, 15) is 4.57 Å². The van der Waals surface area contributed by atoms with E-state index < -0.39 is 7.82 Å². The van der Waals surface area contributed by atoms with Crippen molar-refractivity contribution >= 4 is 13.5 Å². The molecule has 4 N–H and O–H groups in total. The molecule has 1 aromatic carbocycles. The van der Waals surface area contributed by atoms with Gasteiger partial charge in [-0.3, -0.25) is 9.79 Å². The zero-order valence-corrected chi connectivity index (χ0v) is 8.27. The summed E-state index contributed by atoms with van der Waals surface area (Å²) in [7, 11) is -3.27. The Morgan fingerprint density at radius 3 is 2.57 bits per heavy atom. The van der Waals surface area contributed by atoms with E-state index in [0.717, 1.165) is 0 Å². The molecular weight excluding hydrogens is 209 g/mol. The van der Waals surface area contributed by atoms with Gasteiger partial charge in [0.05, 0.1) is 12.8 Å². The van der Waals surface area contributed by atoms with Crippen LogP contribution in [0.5, 0.6) is 11.5 Å². The lowest BCUT2D eigenvalue weighted by molar-refractivity contribution is 0.277. The molecule has 7 heteroatoms. The first-order valence-electron chi connectivity index (χ1n) is 3.61. The molecule has 0 aliphatic heterocycles. The van der Waals surface area contributed by atoms with Crippen molar-refractivity contribution in [1.29, 1.82) is 0 Å². The highest BCUT2D eigenvalue weighted by molar-refractivity contribution is 7.46. The second-order valence-corrected chi connectivity index (χ2v) is 3.62. The van der Waals surface area contributed by atoms with Crippen LogP contribution in [0, 0.1) is 0 Å². The van der Waals surface area contributed by atoms with E-state index in [-0.39, 0.29) is 17.2 Å². The summed E-state index contributed by atoms with van der Waals surface area (Å²) in [4.78, 5) is 17.2. The minimum absolute atomic E-state index is 0.104. The zero-order chi connectivity index (χ0) is 10.8. The first kappa shape index (κ1) is 10.8. The third kappa shape index (κ3) is 2.63. The number of rotatable bonds is 3. The average molecular weight is 219 g/mol. The Balaban J connectivity index is 3.11. The normalized spacial score (nSPS) is 11.1. The molecule has 0 unspecified atom stereocenters. The Bertz CT molecular complexity index is 374. The van der Waals surface area contributed by atoms with Gasteiger partial charge in [-0.1, -0.05) is 6.07 Å². The van der Waals surface area contributed by atoms with E-state index in [1.165, 1.54) is 19.2 Å². The average Bonchev–Trinajstić information content (AvgIpc) is 2.06. The summed E-state index contributed by atoms with van der Waals surface area (Å²) in [5.41, 5.74) is 5.56. The maximum Gasteiger partial charge on any atom is 0.525 e. The first-order valence-corrected chi connectivity index (χ1v) is 5.14. The highest BCUT2D eigenvalue weighted by atomic mass is 31.2. The number of phosphoric ester groups is 1. The van der Waals surface area contributed by atoms with Crippen molar-refractivity contribution in [1.82, 2.24) is 0 Å². The van der Waals surface area contributed by atoms with Gasteiger partial charge >= 0.3 is 7.82 Å². The van der Waals surface area contributed by atoms with E-state index in [2.05, 4.69) is 4.52 Å². The number of nitrogens with two attached hydrogens (primary N) is 1. The van der Waals surface area contributed by atoms with Crippen LogP contribution in [-0.2, 0) is 4.57 Å². The number of hydrogen-bond donors (Lipinski definition) is 3. The Morgan fingerprint density at radius 1 is 1.43 bits per heavy atom. The Labute approximate surface area is 80.5 Å². The van der Waals surface area contributed by atoms with E-state index in [0.29, 0.717) is 0 Å². The number of para-hydroxylation sites is 1. The lowest BCUT2D eigenvalue weighted by Crippen LogP contribution is -1.98. The molecule has 0 aliphatic carbocycles. The van der Waals surface area contributed by atoms with Crippen molar-refractivity contribution in [3.05, 3.63) is 18.2 Å². The fourth-order valence-corrected chi connectivity index (χ4v) is 1.34. The van der Waals surface area contributed by atoms with Crippen LogP contribution in [-0.4, -0.2) is 16.9 Å². The van der Waals surface area contributed by atoms with Crippen LogP contribution in [0.4, 0.5) is 5.69 Å². The Hall–Kier alpha value is -1.23. The lowest BCUT2D eigenvalue weighted by Gasteiger charge is -2.12. The maximum atomic E-state index is 10.6. The number of methoxy groups -OCH3 is 1. The third-order valence-corrected chi connectivity index (χ3v) is 1.86. The fourth-order valence-electron chi connectivity index (χ4n) is 0.910. The largest absolute Gasteiger partial charge is 0.525 e. The van der Waals surface area contributed by atoms with Gasteiger partial charge < -0.3 is 15.0 Å². The van der Waals surface area contributed by atoms with Gasteiger partial charge in [0.25, 0.3) is 0 Å². The van der Waals surface area contributed by atoms with Crippen LogP contribution >= 0.6 is 7.82 Å². The summed E-state index contributed by atoms with van der Waals surface area (Å²) in [5.74, 6) is 0.0247. The van der Waals surface area contributed by atoms with E-state index in [4.69, 9.17) is 20.3 Å². The molecule has 0 bridgehead atoms. The fraction of sp³-hybridized carbons (Fsp3) is 0.143. The van der Waals surface area contributed by atoms with Gasteiger partial charge in [-0.2, -0.15) is 0 Å². The van der Waals surface area contributed by atoms with Gasteiger partial charge in [-0.15, -0.1) is 0 Å². The van der Waals surface area contributed by atoms with Gasteiger partial charge in [0.2, 0.25) is 0 Å². The summed E-state index contributed by atoms with van der Waals surface area (Å²) in [6.45, 7) is 0. The van der Waals surface area contributed by atoms with Gasteiger partial charge in [-0.25, -0.2) is 4.57 Å². The Morgan fingerprint density at radius 2 is 2.07 bits per heavy atom. The Kier molecular flexibility index (Phi) is 3.00. The van der Waals surface area contributed by atoms with E-state index >= 15 is 0 Å². The molecule has 0 fully saturated rings. The lowest BCUT2D eigenvalue weighted by atomic mass is 10.3. The number of phosphoric acid groups is 1. The molecule has 0 aliphatic rings. The van der Waals surface area contributed by atoms with Gasteiger partial charge in [-0.05, 0) is 12.1 Å². The minimum atomic E-state index is -4.61. The van der Waals surface area contributed by atoms with Gasteiger partial charge in [0.15, 0.2) is 11.5 Å². The standard InChI is InChI=1S/C7H10NO5P/c1-12-6-4-2-3-5(8)7(6)13-14(9,10)11/h2-4H,8H2,1H3,(H2,9,10,11). The SMILES string of the molecule is COc1cccc(N)c1OP(=O)(O)O. The predicted octanol–water partition coefficient (Wildman–Crippen LogP) is 0.749. The summed E-state index contributed by atoms with van der Waals surface area (Å²) < 4.78 is 19.8. The second-order valence-electron chi connectivity index (χ2n) is 2.46. The molecule has 0 radical (unpaired) electrons. The van der Waals surface area contributed by atoms with Crippen molar-refractivity contribution < 1.29 is 23.6 Å². The molecule has 14 heavy (non-hydrogen) atoms. The van der Waals surface area contributed by atoms with Crippen LogP contribution < -0.4 is 15.0 Å². The monoisotopic (exact) mass is 219 g/mol. The molecule has 0 saturated carbocycles. The van der Waals surface area contributed by atoms with E-state index in [1.54, 1.807) is 6.07 Å². The summed E-state index contributed by atoms with van der Waals surface area (Å²) in [5, 5.41) is 0. The molecule has 78 valence electrons. The molecule has 0 aromatic heterocycles. The molecular formula is C7H10NO5P. The topological polar surface area (TPSA) is 102 Å². The summed E-state index contributed by atoms with van der Waals surface area (Å²) in [6, 6.07) is 4.52. The maximum absolute atomic E-state index is 10.6. The number of hydrogen-bond acceptors (Lipinski definition) is 4. The highest BCUT2D eigenvalue weighted by Crippen LogP contribution is 2.44. The van der Waals surface area contributed by atoms with Gasteiger partial charge in [0, 0.05) is 0 Å². The predicted molar refractivity (Wildman–Crippen MR) is 50.1 cm³/mol. The van der Waals surface area contributed by atoms with Crippen molar-refractivity contribution in [2.75, 3.05) is 12.8 Å². The van der Waals surface area contributed by atoms with Crippen LogP contribution in [0.3, 0.4) is 0 Å². The number of ether oxygens (including phenoxy) is 1. The van der Waals surface area contributed by atoms with Crippen LogP contribution in [0.25, 0.3) is 0 Å². The highest BCUT2D eigenvalue weighted by Gasteiger charge is 2.20. The summed E-state index contributed by atoms with van der Waals surface area (Å²) in [6.07, 6.45) is 0. The quantitative estimate of drug-likeness (QED) is 0.512. The van der Waals surface area contributed by atoms with Crippen LogP contribution in [0.1, 0.15) is 0 Å². The van der Waals surface area contributed by atoms with Crippen molar-refractivity contribution in [3.8, 4) is 11.5 Å². The molecule has 0 amide bonds. The smallest absolute Gasteiger partial charge is 0.493 e. The number of nitrogen functional groups attached to an aromatic ring is 1. The molecule has 0 spiro atoms. The molecule has 0 heterocycles. The van der Waals surface area contributed by atoms with Gasteiger partial charge in [0.1, 0.15) is 0 Å². The second kappa shape index (κ2) is 3.88. The third-order valence-electron chi connectivity index (χ3n) is 1.44. The van der Waals surface area contributed by atoms with Crippen LogP contribution in [0.2, 0.25) is 0 Å². The molecule has 0 atom stereocenters. The molecule has 1 aromatic rings. The van der Waals surface area contributed by atoms with E-state index in [1.807, 2.05) is 0 Å². The summed E-state index contributed by atoms with van der Waals surface area (Å²) >= 11 is 0. The molecule has 1 rings (SSSR count). The van der Waals surface area contributed by atoms with Crippen LogP contribution in [0.15, 0.2) is 18.2 Å². The van der Waals surface area contributed by atoms with Crippen molar-refractivity contribution in [3.63, 3.8) is 0 Å². The first-order chi connectivity index (χ1) is 6.44. The zero-order valence-electron chi connectivity index (χ0n) is 7.38. The minimum Gasteiger partial charge on any atom is -0.493 e. The van der Waals surface area contributed by atoms with Crippen molar-refractivity contribution in [2.45, 2.75) is 0 Å². The molecule has 0 saturated heterocycles. The number of benzene rings is 1.